The number of aromatic nitrogens is 4. The number of fused-ring (bicyclic) bond motifs is 3. The van der Waals surface area contributed by atoms with Gasteiger partial charge in [0.15, 0.2) is 5.65 Å². The topological polar surface area (TPSA) is 111 Å². The standard InChI is InChI=1S/C18H19N7O/c1-11(8-19)18(26)24-12-3-6-25(7-4-12)17-15-13-2-5-20-16(13)21-9-14(15)22-10-23-17/h2,5,9-12H,3-4,6-7H2,1H3,(H,22,23)(H,24,26). The molecule has 1 unspecified atom stereocenters. The quantitative estimate of drug-likeness (QED) is 0.745. The van der Waals surface area contributed by atoms with Crippen LogP contribution in [0.4, 0.5) is 5.82 Å². The predicted octanol–water partition coefficient (Wildman–Crippen LogP) is 1.75. The Hall–Kier alpha value is -3.21. The summed E-state index contributed by atoms with van der Waals surface area (Å²) in [7, 11) is 0. The molecule has 1 aliphatic heterocycles. The molecule has 0 spiro atoms. The van der Waals surface area contributed by atoms with Gasteiger partial charge in [0.05, 0.1) is 29.5 Å². The summed E-state index contributed by atoms with van der Waals surface area (Å²) >= 11 is 0. The van der Waals surface area contributed by atoms with E-state index in [-0.39, 0.29) is 11.9 Å². The fourth-order valence-corrected chi connectivity index (χ4v) is 3.40. The highest BCUT2D eigenvalue weighted by Crippen LogP contribution is 2.30. The molecule has 0 bridgehead atoms. The summed E-state index contributed by atoms with van der Waals surface area (Å²) in [6.45, 7) is 3.19. The Morgan fingerprint density at radius 2 is 2.19 bits per heavy atom. The van der Waals surface area contributed by atoms with Crippen LogP contribution in [0, 0.1) is 17.2 Å². The highest BCUT2D eigenvalue weighted by atomic mass is 16.1. The summed E-state index contributed by atoms with van der Waals surface area (Å²) in [4.78, 5) is 30.5. The second-order valence-electron chi connectivity index (χ2n) is 6.58. The lowest BCUT2D eigenvalue weighted by atomic mass is 10.0. The first kappa shape index (κ1) is 16.3. The maximum atomic E-state index is 11.9. The monoisotopic (exact) mass is 349 g/mol. The van der Waals surface area contributed by atoms with Crippen LogP contribution in [0.2, 0.25) is 0 Å². The second kappa shape index (κ2) is 6.59. The zero-order chi connectivity index (χ0) is 18.1. The van der Waals surface area contributed by atoms with Gasteiger partial charge in [0.2, 0.25) is 5.91 Å². The average molecular weight is 349 g/mol. The lowest BCUT2D eigenvalue weighted by Gasteiger charge is -2.33. The summed E-state index contributed by atoms with van der Waals surface area (Å²) in [5.41, 5.74) is 1.64. The lowest BCUT2D eigenvalue weighted by Crippen LogP contribution is -2.46. The number of piperidine rings is 1. The Balaban J connectivity index is 1.56. The van der Waals surface area contributed by atoms with Crippen molar-refractivity contribution in [3.05, 3.63) is 24.8 Å². The highest BCUT2D eigenvalue weighted by Gasteiger charge is 2.25. The molecule has 2 N–H and O–H groups in total. The zero-order valence-corrected chi connectivity index (χ0v) is 14.4. The van der Waals surface area contributed by atoms with Gasteiger partial charge in [0.1, 0.15) is 11.7 Å². The van der Waals surface area contributed by atoms with Crippen molar-refractivity contribution in [3.63, 3.8) is 0 Å². The van der Waals surface area contributed by atoms with Crippen LogP contribution in [-0.4, -0.2) is 45.0 Å². The molecule has 3 aromatic heterocycles. The van der Waals surface area contributed by atoms with E-state index < -0.39 is 5.92 Å². The number of carbonyl (C=O) groups is 1. The molecule has 4 rings (SSSR count). The summed E-state index contributed by atoms with van der Waals surface area (Å²) < 4.78 is 0. The normalized spacial score (nSPS) is 16.5. The highest BCUT2D eigenvalue weighted by molar-refractivity contribution is 6.08. The average Bonchev–Trinajstić information content (AvgIpc) is 3.16. The van der Waals surface area contributed by atoms with E-state index in [1.807, 2.05) is 12.1 Å². The van der Waals surface area contributed by atoms with E-state index in [4.69, 9.17) is 5.26 Å². The second-order valence-corrected chi connectivity index (χ2v) is 6.58. The molecule has 0 aliphatic carbocycles. The number of anilines is 1. The first-order chi connectivity index (χ1) is 12.7. The van der Waals surface area contributed by atoms with Crippen molar-refractivity contribution < 1.29 is 4.79 Å². The first-order valence-electron chi connectivity index (χ1n) is 8.69. The van der Waals surface area contributed by atoms with Gasteiger partial charge in [-0.3, -0.25) is 4.79 Å². The molecule has 1 fully saturated rings. The predicted molar refractivity (Wildman–Crippen MR) is 97.3 cm³/mol. The molecule has 8 heteroatoms. The number of hydrogen-bond donors (Lipinski definition) is 2. The molecule has 4 heterocycles. The van der Waals surface area contributed by atoms with E-state index in [2.05, 4.69) is 30.2 Å². The number of carbonyl (C=O) groups excluding carboxylic acids is 1. The zero-order valence-electron chi connectivity index (χ0n) is 14.4. The summed E-state index contributed by atoms with van der Waals surface area (Å²) in [6, 6.07) is 4.03. The summed E-state index contributed by atoms with van der Waals surface area (Å²) in [6.07, 6.45) is 6.86. The number of rotatable bonds is 3. The number of aromatic amines is 1. The first-order valence-corrected chi connectivity index (χ1v) is 8.69. The molecular weight excluding hydrogens is 330 g/mol. The molecule has 1 aliphatic rings. The van der Waals surface area contributed by atoms with Crippen LogP contribution < -0.4 is 10.2 Å². The van der Waals surface area contributed by atoms with Crippen LogP contribution in [0.25, 0.3) is 21.9 Å². The van der Waals surface area contributed by atoms with E-state index >= 15 is 0 Å². The minimum Gasteiger partial charge on any atom is -0.356 e. The van der Waals surface area contributed by atoms with Crippen LogP contribution in [0.1, 0.15) is 19.8 Å². The molecule has 1 saturated heterocycles. The molecule has 0 radical (unpaired) electrons. The van der Waals surface area contributed by atoms with Crippen LogP contribution in [0.15, 0.2) is 24.8 Å². The van der Waals surface area contributed by atoms with Gasteiger partial charge in [-0.05, 0) is 25.8 Å². The Bertz CT molecular complexity index is 998. The maximum Gasteiger partial charge on any atom is 0.237 e. The Morgan fingerprint density at radius 1 is 1.38 bits per heavy atom. The number of nitrogens with one attached hydrogen (secondary N) is 2. The lowest BCUT2D eigenvalue weighted by molar-refractivity contribution is -0.123. The van der Waals surface area contributed by atoms with Gasteiger partial charge in [0.25, 0.3) is 0 Å². The number of hydrogen-bond acceptors (Lipinski definition) is 6. The molecule has 8 nitrogen and oxygen atoms in total. The molecule has 0 aromatic carbocycles. The van der Waals surface area contributed by atoms with E-state index in [0.29, 0.717) is 5.65 Å². The number of pyridine rings is 1. The molecule has 1 amide bonds. The summed E-state index contributed by atoms with van der Waals surface area (Å²) in [5.74, 6) is 0.0997. The van der Waals surface area contributed by atoms with Crippen LogP contribution in [-0.2, 0) is 4.79 Å². The van der Waals surface area contributed by atoms with Gasteiger partial charge in [-0.25, -0.2) is 15.0 Å². The minimum atomic E-state index is -0.617. The fraction of sp³-hybridized carbons (Fsp3) is 0.389. The molecule has 132 valence electrons. The van der Waals surface area contributed by atoms with Crippen molar-refractivity contribution in [2.45, 2.75) is 25.8 Å². The largest absolute Gasteiger partial charge is 0.356 e. The van der Waals surface area contributed by atoms with Crippen LogP contribution in [0.3, 0.4) is 0 Å². The van der Waals surface area contributed by atoms with Crippen LogP contribution >= 0.6 is 0 Å². The summed E-state index contributed by atoms with van der Waals surface area (Å²) in [5, 5.41) is 13.8. The van der Waals surface area contributed by atoms with Gasteiger partial charge < -0.3 is 15.2 Å². The van der Waals surface area contributed by atoms with Gasteiger partial charge in [-0.15, -0.1) is 0 Å². The van der Waals surface area contributed by atoms with Gasteiger partial charge >= 0.3 is 0 Å². The van der Waals surface area contributed by atoms with E-state index in [9.17, 15) is 4.79 Å². The SMILES string of the molecule is CC(C#N)C(=O)NC1CCN(c2nc[nH]c3cnc4nccc4c23)CC1. The van der Waals surface area contributed by atoms with Crippen molar-refractivity contribution in [1.82, 2.24) is 25.3 Å². The third-order valence-electron chi connectivity index (χ3n) is 4.89. The smallest absolute Gasteiger partial charge is 0.237 e. The number of H-pyrrole nitrogens is 1. The van der Waals surface area contributed by atoms with Crippen molar-refractivity contribution in [1.29, 1.82) is 5.26 Å². The third-order valence-corrected chi connectivity index (χ3v) is 4.89. The molecular formula is C18H19N7O. The van der Waals surface area contributed by atoms with Gasteiger partial charge in [0, 0.05) is 30.7 Å². The molecule has 0 saturated carbocycles. The maximum absolute atomic E-state index is 11.9. The number of nitrogens with zero attached hydrogens (tertiary/aromatic N) is 5. The third kappa shape index (κ3) is 2.81. The van der Waals surface area contributed by atoms with Crippen molar-refractivity contribution in [3.8, 4) is 6.07 Å². The Labute approximate surface area is 150 Å². The number of nitriles is 1. The van der Waals surface area contributed by atoms with Gasteiger partial charge in [-0.1, -0.05) is 0 Å². The van der Waals surface area contributed by atoms with E-state index in [1.54, 1.807) is 25.6 Å². The van der Waals surface area contributed by atoms with Gasteiger partial charge in [-0.2, -0.15) is 5.26 Å². The Morgan fingerprint density at radius 3 is 2.96 bits per heavy atom. The molecule has 26 heavy (non-hydrogen) atoms. The van der Waals surface area contributed by atoms with E-state index in [0.717, 1.165) is 48.0 Å². The Kier molecular flexibility index (Phi) is 4.13. The minimum absolute atomic E-state index is 0.0957. The van der Waals surface area contributed by atoms with Crippen LogP contribution in [0.5, 0.6) is 0 Å². The van der Waals surface area contributed by atoms with Crippen molar-refractivity contribution in [2.24, 2.45) is 5.92 Å². The fourth-order valence-electron chi connectivity index (χ4n) is 3.40. The molecule has 1 atom stereocenters. The van der Waals surface area contributed by atoms with Crippen molar-refractivity contribution in [2.75, 3.05) is 18.0 Å². The van der Waals surface area contributed by atoms with Crippen molar-refractivity contribution >= 4 is 33.7 Å². The number of amides is 1. The van der Waals surface area contributed by atoms with E-state index in [1.165, 1.54) is 0 Å². The molecule has 3 aromatic rings.